The molecule has 0 aliphatic carbocycles. The Balaban J connectivity index is 0.00000116. The Bertz CT molecular complexity index is 480. The van der Waals surface area contributed by atoms with E-state index in [-0.39, 0.29) is 0 Å². The number of rotatable bonds is 4. The van der Waals surface area contributed by atoms with Gasteiger partial charge >= 0.3 is 0 Å². The Morgan fingerprint density at radius 2 is 1.77 bits per heavy atom. The maximum atomic E-state index is 9.33. The molecule has 0 aromatic heterocycles. The fourth-order valence-electron chi connectivity index (χ4n) is 2.89. The van der Waals surface area contributed by atoms with E-state index < -0.39 is 0 Å². The van der Waals surface area contributed by atoms with Crippen LogP contribution in [0.1, 0.15) is 58.1 Å². The van der Waals surface area contributed by atoms with E-state index in [9.17, 15) is 5.26 Å². The SMILES string of the molecule is CC.CCCN1CCN(c2ccc(C(C)C)c(C#N)c2)CC1. The molecule has 2 rings (SSSR count). The molecule has 1 aliphatic rings. The van der Waals surface area contributed by atoms with Crippen molar-refractivity contribution in [3.05, 3.63) is 29.3 Å². The lowest BCUT2D eigenvalue weighted by molar-refractivity contribution is 0.258. The standard InChI is InChI=1S/C17H25N3.C2H6/c1-4-7-19-8-10-20(11-9-19)16-5-6-17(14(2)3)15(12-16)13-18;1-2/h5-6,12,14H,4,7-11H2,1-3H3;1-2H3. The van der Waals surface area contributed by atoms with Gasteiger partial charge in [-0.2, -0.15) is 5.26 Å². The van der Waals surface area contributed by atoms with Crippen LogP contribution in [0, 0.1) is 11.3 Å². The first-order chi connectivity index (χ1) is 10.7. The Labute approximate surface area is 136 Å². The van der Waals surface area contributed by atoms with Crippen LogP contribution in [0.3, 0.4) is 0 Å². The molecule has 0 unspecified atom stereocenters. The molecular formula is C19H31N3. The van der Waals surface area contributed by atoms with Gasteiger partial charge in [0, 0.05) is 31.9 Å². The second-order valence-electron chi connectivity index (χ2n) is 5.87. The highest BCUT2D eigenvalue weighted by Gasteiger charge is 2.17. The molecule has 0 N–H and O–H groups in total. The number of hydrogen-bond acceptors (Lipinski definition) is 3. The van der Waals surface area contributed by atoms with E-state index in [4.69, 9.17) is 0 Å². The number of hydrogen-bond donors (Lipinski definition) is 0. The summed E-state index contributed by atoms with van der Waals surface area (Å²) in [6.45, 7) is 16.1. The third kappa shape index (κ3) is 4.74. The van der Waals surface area contributed by atoms with Gasteiger partial charge in [-0.1, -0.05) is 40.7 Å². The van der Waals surface area contributed by atoms with Gasteiger partial charge in [0.1, 0.15) is 0 Å². The predicted octanol–water partition coefficient (Wildman–Crippen LogP) is 4.24. The van der Waals surface area contributed by atoms with Crippen molar-refractivity contribution in [2.75, 3.05) is 37.6 Å². The van der Waals surface area contributed by atoms with Crippen molar-refractivity contribution < 1.29 is 0 Å². The van der Waals surface area contributed by atoms with E-state index in [1.165, 1.54) is 18.7 Å². The van der Waals surface area contributed by atoms with E-state index in [0.717, 1.165) is 37.3 Å². The monoisotopic (exact) mass is 301 g/mol. The highest BCUT2D eigenvalue weighted by Crippen LogP contribution is 2.25. The van der Waals surface area contributed by atoms with E-state index in [2.05, 4.69) is 54.8 Å². The summed E-state index contributed by atoms with van der Waals surface area (Å²) < 4.78 is 0. The van der Waals surface area contributed by atoms with E-state index in [1.54, 1.807) is 0 Å². The number of nitrogens with zero attached hydrogens (tertiary/aromatic N) is 3. The summed E-state index contributed by atoms with van der Waals surface area (Å²) in [6, 6.07) is 8.70. The average Bonchev–Trinajstić information content (AvgIpc) is 2.57. The minimum Gasteiger partial charge on any atom is -0.369 e. The molecular weight excluding hydrogens is 270 g/mol. The summed E-state index contributed by atoms with van der Waals surface area (Å²) >= 11 is 0. The van der Waals surface area contributed by atoms with Crippen molar-refractivity contribution in [3.63, 3.8) is 0 Å². The van der Waals surface area contributed by atoms with E-state index in [1.807, 2.05) is 13.8 Å². The third-order valence-corrected chi connectivity index (χ3v) is 4.06. The Kier molecular flexibility index (Phi) is 7.98. The molecule has 1 fully saturated rings. The normalized spacial score (nSPS) is 15.2. The summed E-state index contributed by atoms with van der Waals surface area (Å²) in [4.78, 5) is 4.92. The maximum Gasteiger partial charge on any atom is 0.0995 e. The largest absolute Gasteiger partial charge is 0.369 e. The zero-order chi connectivity index (χ0) is 16.5. The van der Waals surface area contributed by atoms with Crippen LogP contribution >= 0.6 is 0 Å². The fraction of sp³-hybridized carbons (Fsp3) is 0.632. The minimum atomic E-state index is 0.403. The van der Waals surface area contributed by atoms with Crippen LogP contribution in [0.25, 0.3) is 0 Å². The van der Waals surface area contributed by atoms with Gasteiger partial charge in [-0.15, -0.1) is 0 Å². The van der Waals surface area contributed by atoms with Gasteiger partial charge in [0.2, 0.25) is 0 Å². The van der Waals surface area contributed by atoms with Gasteiger partial charge in [0.25, 0.3) is 0 Å². The van der Waals surface area contributed by atoms with Gasteiger partial charge in [0.15, 0.2) is 0 Å². The number of nitriles is 1. The van der Waals surface area contributed by atoms with Crippen LogP contribution in [0.4, 0.5) is 5.69 Å². The highest BCUT2D eigenvalue weighted by molar-refractivity contribution is 5.55. The molecule has 0 atom stereocenters. The molecule has 1 aromatic carbocycles. The lowest BCUT2D eigenvalue weighted by Crippen LogP contribution is -2.46. The molecule has 0 saturated carbocycles. The van der Waals surface area contributed by atoms with Crippen molar-refractivity contribution in [2.45, 2.75) is 47.0 Å². The Morgan fingerprint density at radius 1 is 1.14 bits per heavy atom. The van der Waals surface area contributed by atoms with Crippen LogP contribution < -0.4 is 4.90 Å². The van der Waals surface area contributed by atoms with Gasteiger partial charge in [-0.05, 0) is 36.6 Å². The van der Waals surface area contributed by atoms with Gasteiger partial charge in [-0.25, -0.2) is 0 Å². The lowest BCUT2D eigenvalue weighted by Gasteiger charge is -2.36. The maximum absolute atomic E-state index is 9.33. The topological polar surface area (TPSA) is 30.3 Å². The number of anilines is 1. The van der Waals surface area contributed by atoms with Crippen molar-refractivity contribution in [2.24, 2.45) is 0 Å². The molecule has 3 nitrogen and oxygen atoms in total. The summed E-state index contributed by atoms with van der Waals surface area (Å²) in [7, 11) is 0. The van der Waals surface area contributed by atoms with Crippen LogP contribution in [-0.4, -0.2) is 37.6 Å². The summed E-state index contributed by atoms with van der Waals surface area (Å²) in [5, 5.41) is 9.33. The van der Waals surface area contributed by atoms with Crippen molar-refractivity contribution in [1.82, 2.24) is 4.90 Å². The van der Waals surface area contributed by atoms with Crippen LogP contribution in [0.5, 0.6) is 0 Å². The second-order valence-corrected chi connectivity index (χ2v) is 5.87. The smallest absolute Gasteiger partial charge is 0.0995 e. The molecule has 1 heterocycles. The van der Waals surface area contributed by atoms with E-state index in [0.29, 0.717) is 5.92 Å². The van der Waals surface area contributed by atoms with Crippen molar-refractivity contribution in [3.8, 4) is 6.07 Å². The molecule has 122 valence electrons. The minimum absolute atomic E-state index is 0.403. The average molecular weight is 301 g/mol. The summed E-state index contributed by atoms with van der Waals surface area (Å²) in [5.74, 6) is 0.403. The van der Waals surface area contributed by atoms with Gasteiger partial charge < -0.3 is 4.90 Å². The first-order valence-corrected chi connectivity index (χ1v) is 8.67. The molecule has 1 aromatic rings. The van der Waals surface area contributed by atoms with Crippen LogP contribution in [-0.2, 0) is 0 Å². The number of piperazine rings is 1. The Morgan fingerprint density at radius 3 is 2.27 bits per heavy atom. The lowest BCUT2D eigenvalue weighted by atomic mass is 9.97. The predicted molar refractivity (Wildman–Crippen MR) is 95.5 cm³/mol. The molecule has 0 amide bonds. The molecule has 22 heavy (non-hydrogen) atoms. The fourth-order valence-corrected chi connectivity index (χ4v) is 2.89. The quantitative estimate of drug-likeness (QED) is 0.833. The molecule has 0 radical (unpaired) electrons. The van der Waals surface area contributed by atoms with Crippen molar-refractivity contribution >= 4 is 5.69 Å². The van der Waals surface area contributed by atoms with Crippen molar-refractivity contribution in [1.29, 1.82) is 5.26 Å². The molecule has 1 aliphatic heterocycles. The second kappa shape index (κ2) is 9.48. The number of benzene rings is 1. The zero-order valence-corrected chi connectivity index (χ0v) is 14.9. The van der Waals surface area contributed by atoms with Gasteiger partial charge in [0.05, 0.1) is 11.6 Å². The first kappa shape index (κ1) is 18.5. The highest BCUT2D eigenvalue weighted by atomic mass is 15.3. The van der Waals surface area contributed by atoms with Gasteiger partial charge in [-0.3, -0.25) is 4.90 Å². The van der Waals surface area contributed by atoms with Crippen LogP contribution in [0.15, 0.2) is 18.2 Å². The zero-order valence-electron chi connectivity index (χ0n) is 14.9. The molecule has 0 bridgehead atoms. The molecule has 1 saturated heterocycles. The molecule has 0 spiro atoms. The Hall–Kier alpha value is -1.53. The van der Waals surface area contributed by atoms with E-state index >= 15 is 0 Å². The van der Waals surface area contributed by atoms with Crippen LogP contribution in [0.2, 0.25) is 0 Å². The summed E-state index contributed by atoms with van der Waals surface area (Å²) in [5.41, 5.74) is 3.18. The molecule has 3 heteroatoms. The third-order valence-electron chi connectivity index (χ3n) is 4.06. The summed E-state index contributed by atoms with van der Waals surface area (Å²) in [6.07, 6.45) is 1.22. The first-order valence-electron chi connectivity index (χ1n) is 8.67.